The van der Waals surface area contributed by atoms with Crippen molar-refractivity contribution in [3.63, 3.8) is 0 Å². The van der Waals surface area contributed by atoms with Gasteiger partial charge in [-0.2, -0.15) is 0 Å². The van der Waals surface area contributed by atoms with Crippen molar-refractivity contribution in [2.75, 3.05) is 12.3 Å². The topological polar surface area (TPSA) is 60.2 Å². The van der Waals surface area contributed by atoms with Gasteiger partial charge in [-0.15, -0.1) is 0 Å². The molecule has 4 heteroatoms. The number of nitrogens with two attached hydrogens (primary N) is 1. The number of pyridine rings is 1. The van der Waals surface area contributed by atoms with E-state index < -0.39 is 0 Å². The van der Waals surface area contributed by atoms with Crippen LogP contribution in [0.5, 0.6) is 5.75 Å². The van der Waals surface area contributed by atoms with Crippen LogP contribution in [0.3, 0.4) is 0 Å². The number of hydrogen-bond acceptors (Lipinski definition) is 4. The SMILES string of the molecule is CCNC(c1c(C)ccnc1N)C1Cc2ccccc2O1. The Bertz CT molecular complexity index is 596. The van der Waals surface area contributed by atoms with Crippen molar-refractivity contribution < 1.29 is 4.74 Å². The molecule has 2 atom stereocenters. The molecule has 1 aliphatic heterocycles. The first kappa shape index (κ1) is 13.9. The molecule has 1 aromatic heterocycles. The van der Waals surface area contributed by atoms with E-state index in [2.05, 4.69) is 36.3 Å². The third-order valence-corrected chi connectivity index (χ3v) is 4.02. The molecular weight excluding hydrogens is 262 g/mol. The summed E-state index contributed by atoms with van der Waals surface area (Å²) < 4.78 is 6.14. The number of nitrogen functional groups attached to an aromatic ring is 1. The Labute approximate surface area is 125 Å². The second-order valence-corrected chi connectivity index (χ2v) is 5.43. The Morgan fingerprint density at radius 3 is 2.90 bits per heavy atom. The minimum absolute atomic E-state index is 0.0487. The summed E-state index contributed by atoms with van der Waals surface area (Å²) in [7, 11) is 0. The third kappa shape index (κ3) is 2.59. The number of nitrogens with zero attached hydrogens (tertiary/aromatic N) is 1. The Balaban J connectivity index is 1.94. The molecule has 3 rings (SSSR count). The Morgan fingerprint density at radius 1 is 1.38 bits per heavy atom. The molecule has 1 aliphatic rings. The van der Waals surface area contributed by atoms with Crippen LogP contribution in [-0.4, -0.2) is 17.6 Å². The second-order valence-electron chi connectivity index (χ2n) is 5.43. The molecule has 4 nitrogen and oxygen atoms in total. The predicted molar refractivity (Wildman–Crippen MR) is 84.4 cm³/mol. The number of hydrogen-bond donors (Lipinski definition) is 2. The van der Waals surface area contributed by atoms with Crippen molar-refractivity contribution in [3.05, 3.63) is 53.2 Å². The van der Waals surface area contributed by atoms with E-state index in [1.54, 1.807) is 6.20 Å². The zero-order valence-electron chi connectivity index (χ0n) is 12.5. The lowest BCUT2D eigenvalue weighted by Gasteiger charge is -2.26. The molecule has 0 aliphatic carbocycles. The van der Waals surface area contributed by atoms with Crippen molar-refractivity contribution in [2.45, 2.75) is 32.4 Å². The minimum Gasteiger partial charge on any atom is -0.488 e. The average molecular weight is 283 g/mol. The van der Waals surface area contributed by atoms with Crippen molar-refractivity contribution in [1.29, 1.82) is 0 Å². The fraction of sp³-hybridized carbons (Fsp3) is 0.353. The summed E-state index contributed by atoms with van der Waals surface area (Å²) in [5.74, 6) is 1.56. The van der Waals surface area contributed by atoms with Crippen molar-refractivity contribution in [1.82, 2.24) is 10.3 Å². The molecule has 3 N–H and O–H groups in total. The maximum Gasteiger partial charge on any atom is 0.128 e. The van der Waals surface area contributed by atoms with Crippen LogP contribution in [0.1, 0.15) is 29.7 Å². The van der Waals surface area contributed by atoms with E-state index in [1.807, 2.05) is 18.2 Å². The lowest BCUT2D eigenvalue weighted by atomic mass is 9.95. The normalized spacial score (nSPS) is 18.1. The van der Waals surface area contributed by atoms with Gasteiger partial charge in [0.1, 0.15) is 17.7 Å². The summed E-state index contributed by atoms with van der Waals surface area (Å²) >= 11 is 0. The first-order valence-electron chi connectivity index (χ1n) is 7.39. The summed E-state index contributed by atoms with van der Waals surface area (Å²) in [5, 5.41) is 3.51. The lowest BCUT2D eigenvalue weighted by Crippen LogP contribution is -2.36. The van der Waals surface area contributed by atoms with Crippen LogP contribution >= 0.6 is 0 Å². The van der Waals surface area contributed by atoms with Gasteiger partial charge in [-0.3, -0.25) is 0 Å². The Kier molecular flexibility index (Phi) is 3.80. The average Bonchev–Trinajstić information content (AvgIpc) is 2.89. The van der Waals surface area contributed by atoms with Crippen LogP contribution in [0.4, 0.5) is 5.82 Å². The van der Waals surface area contributed by atoms with E-state index in [-0.39, 0.29) is 12.1 Å². The minimum atomic E-state index is 0.0487. The zero-order valence-corrected chi connectivity index (χ0v) is 12.5. The number of benzene rings is 1. The summed E-state index contributed by atoms with van der Waals surface area (Å²) in [6.07, 6.45) is 2.69. The molecule has 0 bridgehead atoms. The van der Waals surface area contributed by atoms with E-state index in [9.17, 15) is 0 Å². The van der Waals surface area contributed by atoms with Gasteiger partial charge < -0.3 is 15.8 Å². The molecule has 2 heterocycles. The molecule has 21 heavy (non-hydrogen) atoms. The van der Waals surface area contributed by atoms with E-state index in [1.165, 1.54) is 5.56 Å². The maximum absolute atomic E-state index is 6.14. The second kappa shape index (κ2) is 5.74. The van der Waals surface area contributed by atoms with Crippen molar-refractivity contribution in [2.24, 2.45) is 0 Å². The summed E-state index contributed by atoms with van der Waals surface area (Å²) in [5.41, 5.74) is 9.57. The third-order valence-electron chi connectivity index (χ3n) is 4.02. The number of para-hydroxylation sites is 1. The number of ether oxygens (including phenoxy) is 1. The standard InChI is InChI=1S/C17H21N3O/c1-3-19-16(15-11(2)8-9-20-17(15)18)14-10-12-6-4-5-7-13(12)21-14/h4-9,14,16,19H,3,10H2,1-2H3,(H2,18,20). The summed E-state index contributed by atoms with van der Waals surface area (Å²) in [4.78, 5) is 4.25. The molecule has 0 saturated carbocycles. The monoisotopic (exact) mass is 283 g/mol. The Morgan fingerprint density at radius 2 is 2.19 bits per heavy atom. The van der Waals surface area contributed by atoms with Gasteiger partial charge in [0, 0.05) is 18.2 Å². The highest BCUT2D eigenvalue weighted by atomic mass is 16.5. The van der Waals surface area contributed by atoms with Gasteiger partial charge in [-0.1, -0.05) is 25.1 Å². The molecule has 1 aromatic carbocycles. The van der Waals surface area contributed by atoms with Gasteiger partial charge in [-0.05, 0) is 36.7 Å². The first-order chi connectivity index (χ1) is 10.2. The number of rotatable bonds is 4. The van der Waals surface area contributed by atoms with Crippen LogP contribution in [0, 0.1) is 6.92 Å². The smallest absolute Gasteiger partial charge is 0.128 e. The highest BCUT2D eigenvalue weighted by molar-refractivity contribution is 5.48. The van der Waals surface area contributed by atoms with Crippen molar-refractivity contribution >= 4 is 5.82 Å². The summed E-state index contributed by atoms with van der Waals surface area (Å²) in [6, 6.07) is 10.3. The first-order valence-corrected chi connectivity index (χ1v) is 7.39. The molecule has 0 saturated heterocycles. The van der Waals surface area contributed by atoms with Gasteiger partial charge in [0.2, 0.25) is 0 Å². The van der Waals surface area contributed by atoms with E-state index in [0.717, 1.165) is 29.8 Å². The molecular formula is C17H21N3O. The fourth-order valence-electron chi connectivity index (χ4n) is 3.03. The molecule has 110 valence electrons. The van der Waals surface area contributed by atoms with Crippen LogP contribution in [0.15, 0.2) is 36.5 Å². The number of aryl methyl sites for hydroxylation is 1. The molecule has 0 spiro atoms. The largest absolute Gasteiger partial charge is 0.488 e. The van der Waals surface area contributed by atoms with Gasteiger partial charge >= 0.3 is 0 Å². The van der Waals surface area contributed by atoms with Crippen LogP contribution < -0.4 is 15.8 Å². The van der Waals surface area contributed by atoms with E-state index >= 15 is 0 Å². The van der Waals surface area contributed by atoms with Crippen LogP contribution in [-0.2, 0) is 6.42 Å². The molecule has 0 amide bonds. The molecule has 2 unspecified atom stereocenters. The molecule has 0 radical (unpaired) electrons. The van der Waals surface area contributed by atoms with Gasteiger partial charge in [0.25, 0.3) is 0 Å². The van der Waals surface area contributed by atoms with E-state index in [0.29, 0.717) is 5.82 Å². The zero-order chi connectivity index (χ0) is 14.8. The highest BCUT2D eigenvalue weighted by Gasteiger charge is 2.32. The number of aromatic nitrogens is 1. The predicted octanol–water partition coefficient (Wildman–Crippen LogP) is 2.63. The van der Waals surface area contributed by atoms with Gasteiger partial charge in [0.05, 0.1) is 6.04 Å². The van der Waals surface area contributed by atoms with Crippen LogP contribution in [0.2, 0.25) is 0 Å². The maximum atomic E-state index is 6.14. The molecule has 0 fully saturated rings. The number of nitrogens with one attached hydrogen (secondary N) is 1. The number of anilines is 1. The van der Waals surface area contributed by atoms with E-state index in [4.69, 9.17) is 10.5 Å². The molecule has 2 aromatic rings. The van der Waals surface area contributed by atoms with Gasteiger partial charge in [0.15, 0.2) is 0 Å². The fourth-order valence-corrected chi connectivity index (χ4v) is 3.03. The van der Waals surface area contributed by atoms with Crippen molar-refractivity contribution in [3.8, 4) is 5.75 Å². The van der Waals surface area contributed by atoms with Gasteiger partial charge in [-0.25, -0.2) is 4.98 Å². The lowest BCUT2D eigenvalue weighted by molar-refractivity contribution is 0.179. The quantitative estimate of drug-likeness (QED) is 0.905. The summed E-state index contributed by atoms with van der Waals surface area (Å²) in [6.45, 7) is 5.02. The highest BCUT2D eigenvalue weighted by Crippen LogP contribution is 2.36. The number of fused-ring (bicyclic) bond motifs is 1. The number of likely N-dealkylation sites (N-methyl/N-ethyl adjacent to an activating group) is 1. The Hall–Kier alpha value is -2.07. The van der Waals surface area contributed by atoms with Crippen LogP contribution in [0.25, 0.3) is 0 Å².